The van der Waals surface area contributed by atoms with Crippen LogP contribution < -0.4 is 15.2 Å². The number of aromatic nitrogens is 2. The number of nitrogen functional groups attached to an aromatic ring is 1. The quantitative estimate of drug-likeness (QED) is 0.891. The molecular formula is C13H12N4O2. The number of hydrogen-bond acceptors (Lipinski definition) is 6. The van der Waals surface area contributed by atoms with Crippen molar-refractivity contribution in [2.24, 2.45) is 0 Å². The van der Waals surface area contributed by atoms with E-state index in [9.17, 15) is 0 Å². The topological polar surface area (TPSA) is 94.0 Å². The van der Waals surface area contributed by atoms with Crippen molar-refractivity contribution in [2.75, 3.05) is 12.8 Å². The van der Waals surface area contributed by atoms with E-state index in [4.69, 9.17) is 20.5 Å². The molecule has 0 radical (unpaired) electrons. The summed E-state index contributed by atoms with van der Waals surface area (Å²) >= 11 is 0. The van der Waals surface area contributed by atoms with Gasteiger partial charge in [0.25, 0.3) is 0 Å². The minimum Gasteiger partial charge on any atom is -0.497 e. The summed E-state index contributed by atoms with van der Waals surface area (Å²) in [6.45, 7) is 0.170. The maximum absolute atomic E-state index is 8.72. The molecule has 0 atom stereocenters. The predicted molar refractivity (Wildman–Crippen MR) is 68.5 cm³/mol. The molecule has 2 N–H and O–H groups in total. The first kappa shape index (κ1) is 12.6. The van der Waals surface area contributed by atoms with Crippen LogP contribution in [0.1, 0.15) is 11.4 Å². The second-order valence-corrected chi connectivity index (χ2v) is 3.66. The van der Waals surface area contributed by atoms with E-state index in [0.717, 1.165) is 0 Å². The molecule has 0 fully saturated rings. The van der Waals surface area contributed by atoms with Crippen molar-refractivity contribution in [3.8, 4) is 17.6 Å². The monoisotopic (exact) mass is 256 g/mol. The molecule has 2 aromatic rings. The third kappa shape index (κ3) is 3.10. The van der Waals surface area contributed by atoms with Crippen molar-refractivity contribution >= 4 is 5.82 Å². The van der Waals surface area contributed by atoms with Crippen LogP contribution in [0, 0.1) is 11.3 Å². The first-order valence-electron chi connectivity index (χ1n) is 5.51. The Morgan fingerprint density at radius 3 is 2.84 bits per heavy atom. The molecule has 1 aromatic carbocycles. The average Bonchev–Trinajstić information content (AvgIpc) is 2.45. The molecule has 0 bridgehead atoms. The van der Waals surface area contributed by atoms with Crippen LogP contribution in [0.4, 0.5) is 5.82 Å². The lowest BCUT2D eigenvalue weighted by Crippen LogP contribution is -2.05. The van der Waals surface area contributed by atoms with Crippen molar-refractivity contribution in [3.63, 3.8) is 0 Å². The van der Waals surface area contributed by atoms with Crippen molar-refractivity contribution in [3.05, 3.63) is 41.9 Å². The lowest BCUT2D eigenvalue weighted by Gasteiger charge is -2.07. The van der Waals surface area contributed by atoms with Gasteiger partial charge >= 0.3 is 0 Å². The van der Waals surface area contributed by atoms with Gasteiger partial charge in [0.2, 0.25) is 0 Å². The Labute approximate surface area is 110 Å². The largest absolute Gasteiger partial charge is 0.497 e. The Kier molecular flexibility index (Phi) is 3.78. The van der Waals surface area contributed by atoms with Crippen molar-refractivity contribution in [1.29, 1.82) is 5.26 Å². The van der Waals surface area contributed by atoms with Crippen molar-refractivity contribution in [2.45, 2.75) is 6.61 Å². The van der Waals surface area contributed by atoms with Gasteiger partial charge in [0.05, 0.1) is 13.3 Å². The number of nitriles is 1. The number of nitrogens with two attached hydrogens (primary N) is 1. The fraction of sp³-hybridized carbons (Fsp3) is 0.154. The molecule has 0 amide bonds. The maximum atomic E-state index is 8.72. The Morgan fingerprint density at radius 1 is 1.37 bits per heavy atom. The fourth-order valence-electron chi connectivity index (χ4n) is 1.43. The molecule has 1 heterocycles. The van der Waals surface area contributed by atoms with Crippen LogP contribution in [-0.2, 0) is 6.61 Å². The molecule has 0 unspecified atom stereocenters. The molecule has 0 saturated carbocycles. The van der Waals surface area contributed by atoms with E-state index in [1.165, 1.54) is 6.20 Å². The lowest BCUT2D eigenvalue weighted by molar-refractivity contribution is 0.294. The van der Waals surface area contributed by atoms with Crippen LogP contribution in [0.3, 0.4) is 0 Å². The summed E-state index contributed by atoms with van der Waals surface area (Å²) < 4.78 is 10.6. The highest BCUT2D eigenvalue weighted by Gasteiger charge is 2.04. The summed E-state index contributed by atoms with van der Waals surface area (Å²) in [4.78, 5) is 7.99. The molecule has 0 aliphatic carbocycles. The summed E-state index contributed by atoms with van der Waals surface area (Å²) in [6.07, 6.45) is 1.38. The van der Waals surface area contributed by atoms with E-state index in [0.29, 0.717) is 17.3 Å². The molecular weight excluding hydrogens is 244 g/mol. The average molecular weight is 256 g/mol. The molecule has 0 aliphatic heterocycles. The highest BCUT2D eigenvalue weighted by Crippen LogP contribution is 2.19. The molecule has 6 nitrogen and oxygen atoms in total. The number of nitrogens with zero attached hydrogens (tertiary/aromatic N) is 3. The summed E-state index contributed by atoms with van der Waals surface area (Å²) in [6, 6.07) is 9.11. The highest BCUT2D eigenvalue weighted by atomic mass is 16.5. The van der Waals surface area contributed by atoms with Gasteiger partial charge in [0.1, 0.15) is 35.6 Å². The summed E-state index contributed by atoms with van der Waals surface area (Å²) in [5.41, 5.74) is 5.85. The Bertz CT molecular complexity index is 622. The Hall–Kier alpha value is -2.81. The molecule has 96 valence electrons. The SMILES string of the molecule is COc1cccc(OCc2ncc(C#N)c(N)n2)c1. The normalized spacial score (nSPS) is 9.68. The summed E-state index contributed by atoms with van der Waals surface area (Å²) in [5.74, 6) is 1.92. The zero-order valence-electron chi connectivity index (χ0n) is 10.3. The molecule has 1 aromatic heterocycles. The van der Waals surface area contributed by atoms with Crippen LogP contribution >= 0.6 is 0 Å². The van der Waals surface area contributed by atoms with E-state index in [-0.39, 0.29) is 18.0 Å². The van der Waals surface area contributed by atoms with E-state index in [2.05, 4.69) is 9.97 Å². The number of rotatable bonds is 4. The van der Waals surface area contributed by atoms with Gasteiger partial charge < -0.3 is 15.2 Å². The maximum Gasteiger partial charge on any atom is 0.168 e. The van der Waals surface area contributed by atoms with Gasteiger partial charge in [-0.15, -0.1) is 0 Å². The zero-order chi connectivity index (χ0) is 13.7. The van der Waals surface area contributed by atoms with E-state index in [1.807, 2.05) is 18.2 Å². The number of hydrogen-bond donors (Lipinski definition) is 1. The molecule has 2 rings (SSSR count). The van der Waals surface area contributed by atoms with Crippen LogP contribution in [0.25, 0.3) is 0 Å². The first-order valence-corrected chi connectivity index (χ1v) is 5.51. The molecule has 0 spiro atoms. The fourth-order valence-corrected chi connectivity index (χ4v) is 1.43. The molecule has 19 heavy (non-hydrogen) atoms. The highest BCUT2D eigenvalue weighted by molar-refractivity contribution is 5.46. The zero-order valence-corrected chi connectivity index (χ0v) is 10.3. The first-order chi connectivity index (χ1) is 9.22. The summed E-state index contributed by atoms with van der Waals surface area (Å²) in [7, 11) is 1.59. The number of anilines is 1. The molecule has 0 saturated heterocycles. The van der Waals surface area contributed by atoms with Gasteiger partial charge in [-0.3, -0.25) is 0 Å². The number of ether oxygens (including phenoxy) is 2. The second-order valence-electron chi connectivity index (χ2n) is 3.66. The molecule has 0 aliphatic rings. The van der Waals surface area contributed by atoms with Gasteiger partial charge in [0.15, 0.2) is 5.82 Å². The van der Waals surface area contributed by atoms with Crippen LogP contribution in [0.15, 0.2) is 30.5 Å². The lowest BCUT2D eigenvalue weighted by atomic mass is 10.3. The van der Waals surface area contributed by atoms with E-state index < -0.39 is 0 Å². The minimum absolute atomic E-state index is 0.154. The third-order valence-corrected chi connectivity index (χ3v) is 2.40. The van der Waals surface area contributed by atoms with Gasteiger partial charge in [-0.25, -0.2) is 9.97 Å². The third-order valence-electron chi connectivity index (χ3n) is 2.40. The van der Waals surface area contributed by atoms with Crippen LogP contribution in [0.5, 0.6) is 11.5 Å². The predicted octanol–water partition coefficient (Wildman–Crippen LogP) is 1.52. The van der Waals surface area contributed by atoms with E-state index in [1.54, 1.807) is 19.2 Å². The van der Waals surface area contributed by atoms with Gasteiger partial charge in [-0.05, 0) is 12.1 Å². The number of methoxy groups -OCH3 is 1. The smallest absolute Gasteiger partial charge is 0.168 e. The minimum atomic E-state index is 0.154. The molecule has 6 heteroatoms. The Balaban J connectivity index is 2.06. The van der Waals surface area contributed by atoms with Gasteiger partial charge in [-0.2, -0.15) is 5.26 Å². The van der Waals surface area contributed by atoms with E-state index >= 15 is 0 Å². The van der Waals surface area contributed by atoms with Gasteiger partial charge in [0, 0.05) is 6.07 Å². The number of benzene rings is 1. The van der Waals surface area contributed by atoms with Crippen molar-refractivity contribution < 1.29 is 9.47 Å². The Morgan fingerprint density at radius 2 is 2.16 bits per heavy atom. The van der Waals surface area contributed by atoms with Crippen LogP contribution in [0.2, 0.25) is 0 Å². The van der Waals surface area contributed by atoms with Crippen molar-refractivity contribution in [1.82, 2.24) is 9.97 Å². The standard InChI is InChI=1S/C13H12N4O2/c1-18-10-3-2-4-11(5-10)19-8-12-16-7-9(6-14)13(15)17-12/h2-5,7H,8H2,1H3,(H2,15,16,17). The van der Waals surface area contributed by atoms with Gasteiger partial charge in [-0.1, -0.05) is 6.07 Å². The summed E-state index contributed by atoms with van der Waals surface area (Å²) in [5, 5.41) is 8.72. The second kappa shape index (κ2) is 5.69. The van der Waals surface area contributed by atoms with Crippen LogP contribution in [-0.4, -0.2) is 17.1 Å².